The smallest absolute Gasteiger partial charge is 0.309 e. The summed E-state index contributed by atoms with van der Waals surface area (Å²) >= 11 is 0. The zero-order chi connectivity index (χ0) is 53.5. The maximum Gasteiger partial charge on any atom is 0.416 e. The molecule has 11 heteroatoms. The topological polar surface area (TPSA) is 48.5 Å². The summed E-state index contributed by atoms with van der Waals surface area (Å²) in [5, 5.41) is 3.45. The lowest BCUT2D eigenvalue weighted by molar-refractivity contribution is -0.138. The zero-order valence-corrected chi connectivity index (χ0v) is 41.9. The molecule has 0 saturated carbocycles. The minimum Gasteiger partial charge on any atom is -0.309 e. The molecular formula is C67H43F6N5. The SMILES string of the molecule is Cc1cc(-c2ccc3c(c2)c2cc(-c4cc(C)cc(C(F)(F)F)c4)ccc2n3-c2ccc(-c3cccc4c3c3ccccc3n4-c3ccccc3)cc2-c2nc(-c3ccccc3)nc(-c3ccccc3)n2)cc(C(F)(F)F)c1. The molecule has 0 aliphatic carbocycles. The van der Waals surface area contributed by atoms with E-state index >= 15 is 0 Å². The molecule has 0 aliphatic rings. The third kappa shape index (κ3) is 8.53. The van der Waals surface area contributed by atoms with Crippen LogP contribution in [0.25, 0.3) is 123 Å². The van der Waals surface area contributed by atoms with E-state index in [-0.39, 0.29) is 0 Å². The summed E-state index contributed by atoms with van der Waals surface area (Å²) in [7, 11) is 0. The highest BCUT2D eigenvalue weighted by atomic mass is 19.4. The minimum atomic E-state index is -4.58. The number of aryl methyl sites for hydroxylation is 2. The number of alkyl halides is 6. The van der Waals surface area contributed by atoms with E-state index in [1.165, 1.54) is 0 Å². The number of para-hydroxylation sites is 2. The number of halogens is 6. The van der Waals surface area contributed by atoms with E-state index in [2.05, 4.69) is 63.7 Å². The summed E-state index contributed by atoms with van der Waals surface area (Å²) in [6.07, 6.45) is -9.16. The largest absolute Gasteiger partial charge is 0.416 e. The maximum absolute atomic E-state index is 14.3. The van der Waals surface area contributed by atoms with Crippen LogP contribution in [0.2, 0.25) is 0 Å². The van der Waals surface area contributed by atoms with Crippen molar-refractivity contribution in [2.75, 3.05) is 0 Å². The van der Waals surface area contributed by atoms with E-state index in [1.54, 1.807) is 26.0 Å². The highest BCUT2D eigenvalue weighted by Crippen LogP contribution is 2.45. The van der Waals surface area contributed by atoms with Crippen molar-refractivity contribution in [3.8, 4) is 78.9 Å². The molecular weight excluding hydrogens is 989 g/mol. The lowest BCUT2D eigenvalue weighted by Crippen LogP contribution is -2.05. The molecule has 3 aromatic heterocycles. The first-order valence-corrected chi connectivity index (χ1v) is 25.3. The molecule has 13 rings (SSSR count). The van der Waals surface area contributed by atoms with Crippen LogP contribution in [0.3, 0.4) is 0 Å². The van der Waals surface area contributed by atoms with Gasteiger partial charge < -0.3 is 9.13 Å². The zero-order valence-electron chi connectivity index (χ0n) is 41.9. The molecule has 78 heavy (non-hydrogen) atoms. The van der Waals surface area contributed by atoms with Gasteiger partial charge in [-0.15, -0.1) is 0 Å². The van der Waals surface area contributed by atoms with Crippen molar-refractivity contribution < 1.29 is 26.3 Å². The van der Waals surface area contributed by atoms with Crippen LogP contribution in [-0.2, 0) is 12.4 Å². The number of hydrogen-bond acceptors (Lipinski definition) is 3. The second kappa shape index (κ2) is 18.6. The van der Waals surface area contributed by atoms with Gasteiger partial charge in [0.15, 0.2) is 17.5 Å². The molecule has 0 bridgehead atoms. The number of aromatic nitrogens is 5. The Kier molecular flexibility index (Phi) is 11.5. The van der Waals surface area contributed by atoms with E-state index in [1.807, 2.05) is 133 Å². The highest BCUT2D eigenvalue weighted by Gasteiger charge is 2.32. The summed E-state index contributed by atoms with van der Waals surface area (Å²) in [5.41, 5.74) is 10.3. The van der Waals surface area contributed by atoms with Crippen LogP contribution in [0.15, 0.2) is 224 Å². The second-order valence-corrected chi connectivity index (χ2v) is 19.6. The standard InChI is InChI=1S/C67H43F6N5/c1-40-31-47(35-49(33-40)66(68,69)70)44-25-28-58-54(37-44)55-38-45(48-32-41(2)34-50(36-48)67(71,72)73)26-29-59(55)78(58)60-30-27-46(52-22-14-24-61-62(52)53-21-12-13-23-57(53)77(61)51-19-10-5-11-20-51)39-56(60)65-75-63(42-15-6-3-7-16-42)74-64(76-65)43-17-8-4-9-18-43/h3-39H,1-2H3. The monoisotopic (exact) mass is 1030 g/mol. The van der Waals surface area contributed by atoms with Gasteiger partial charge in [-0.25, -0.2) is 15.0 Å². The molecule has 0 radical (unpaired) electrons. The van der Waals surface area contributed by atoms with Gasteiger partial charge in [0.25, 0.3) is 0 Å². The van der Waals surface area contributed by atoms with Gasteiger partial charge in [0.2, 0.25) is 0 Å². The Balaban J connectivity index is 1.11. The van der Waals surface area contributed by atoms with Crippen molar-refractivity contribution in [1.29, 1.82) is 0 Å². The van der Waals surface area contributed by atoms with E-state index in [9.17, 15) is 26.3 Å². The van der Waals surface area contributed by atoms with Crippen molar-refractivity contribution in [2.45, 2.75) is 26.2 Å². The Hall–Kier alpha value is -9.61. The van der Waals surface area contributed by atoms with E-state index in [0.717, 1.165) is 74.0 Å². The van der Waals surface area contributed by atoms with Crippen molar-refractivity contribution in [3.63, 3.8) is 0 Å². The van der Waals surface area contributed by atoms with Crippen LogP contribution in [0.5, 0.6) is 0 Å². The molecule has 0 aliphatic heterocycles. The number of rotatable bonds is 8. The molecule has 0 N–H and O–H groups in total. The average molecular weight is 1030 g/mol. The van der Waals surface area contributed by atoms with E-state index in [4.69, 9.17) is 15.0 Å². The second-order valence-electron chi connectivity index (χ2n) is 19.6. The molecule has 0 amide bonds. The predicted octanol–water partition coefficient (Wildman–Crippen LogP) is 18.7. The molecule has 0 fully saturated rings. The summed E-state index contributed by atoms with van der Waals surface area (Å²) in [5.74, 6) is 1.28. The number of hydrogen-bond donors (Lipinski definition) is 0. The summed E-state index contributed by atoms with van der Waals surface area (Å²) in [4.78, 5) is 15.6. The van der Waals surface area contributed by atoms with Crippen molar-refractivity contribution in [1.82, 2.24) is 24.1 Å². The number of nitrogens with zero attached hydrogens (tertiary/aromatic N) is 5. The predicted molar refractivity (Wildman–Crippen MR) is 301 cm³/mol. The van der Waals surface area contributed by atoms with Crippen molar-refractivity contribution >= 4 is 43.6 Å². The molecule has 0 spiro atoms. The molecule has 0 atom stereocenters. The first-order chi connectivity index (χ1) is 37.7. The third-order valence-corrected chi connectivity index (χ3v) is 14.4. The van der Waals surface area contributed by atoms with Crippen LogP contribution in [0.4, 0.5) is 26.3 Å². The fourth-order valence-corrected chi connectivity index (χ4v) is 11.0. The number of benzene rings is 10. The van der Waals surface area contributed by atoms with Gasteiger partial charge in [0.05, 0.1) is 38.9 Å². The Morgan fingerprint density at radius 3 is 1.35 bits per heavy atom. The van der Waals surface area contributed by atoms with Gasteiger partial charge in [0, 0.05) is 43.9 Å². The van der Waals surface area contributed by atoms with Gasteiger partial charge in [0.1, 0.15) is 0 Å². The Morgan fingerprint density at radius 2 is 0.795 bits per heavy atom. The molecule has 10 aromatic carbocycles. The average Bonchev–Trinajstić information content (AvgIpc) is 4.21. The summed E-state index contributed by atoms with van der Waals surface area (Å²) in [6.45, 7) is 3.26. The van der Waals surface area contributed by atoms with Crippen LogP contribution >= 0.6 is 0 Å². The third-order valence-electron chi connectivity index (χ3n) is 14.4. The van der Waals surface area contributed by atoms with Gasteiger partial charge in [-0.1, -0.05) is 140 Å². The van der Waals surface area contributed by atoms with Gasteiger partial charge in [-0.2, -0.15) is 26.3 Å². The highest BCUT2D eigenvalue weighted by molar-refractivity contribution is 6.16. The number of fused-ring (bicyclic) bond motifs is 6. The fraction of sp³-hybridized carbons (Fsp3) is 0.0597. The summed E-state index contributed by atoms with van der Waals surface area (Å²) in [6, 6.07) is 69.7. The maximum atomic E-state index is 14.3. The molecule has 5 nitrogen and oxygen atoms in total. The van der Waals surface area contributed by atoms with Gasteiger partial charge >= 0.3 is 12.4 Å². The molecule has 13 aromatic rings. The quantitative estimate of drug-likeness (QED) is 0.143. The summed E-state index contributed by atoms with van der Waals surface area (Å²) < 4.78 is 90.4. The Bertz CT molecular complexity index is 4300. The molecule has 3 heterocycles. The van der Waals surface area contributed by atoms with Crippen LogP contribution in [-0.4, -0.2) is 24.1 Å². The lowest BCUT2D eigenvalue weighted by atomic mass is 9.96. The Labute approximate surface area is 444 Å². The molecule has 0 saturated heterocycles. The fourth-order valence-electron chi connectivity index (χ4n) is 11.0. The molecule has 378 valence electrons. The van der Waals surface area contributed by atoms with Gasteiger partial charge in [-0.3, -0.25) is 0 Å². The lowest BCUT2D eigenvalue weighted by Gasteiger charge is -2.17. The van der Waals surface area contributed by atoms with Crippen molar-refractivity contribution in [3.05, 3.63) is 247 Å². The van der Waals surface area contributed by atoms with E-state index in [0.29, 0.717) is 83.9 Å². The van der Waals surface area contributed by atoms with Crippen LogP contribution in [0.1, 0.15) is 22.3 Å². The van der Waals surface area contributed by atoms with Crippen LogP contribution in [0, 0.1) is 13.8 Å². The first-order valence-electron chi connectivity index (χ1n) is 25.3. The molecule has 0 unspecified atom stereocenters. The van der Waals surface area contributed by atoms with Crippen LogP contribution < -0.4 is 0 Å². The van der Waals surface area contributed by atoms with Crippen molar-refractivity contribution in [2.24, 2.45) is 0 Å². The van der Waals surface area contributed by atoms with Gasteiger partial charge in [-0.05, 0) is 143 Å². The minimum absolute atomic E-state index is 0.370. The Morgan fingerprint density at radius 1 is 0.321 bits per heavy atom. The first kappa shape index (κ1) is 48.1. The normalized spacial score (nSPS) is 12.1. The van der Waals surface area contributed by atoms with E-state index < -0.39 is 23.5 Å².